The maximum Gasteiger partial charge on any atom is 0.0923 e. The minimum Gasteiger partial charge on any atom is -0.365 e. The summed E-state index contributed by atoms with van der Waals surface area (Å²) in [5.74, 6) is 0.579. The van der Waals surface area contributed by atoms with Crippen LogP contribution in [0.3, 0.4) is 0 Å². The Bertz CT molecular complexity index is 703. The number of allylic oxidation sites excluding steroid dienone is 1. The number of likely N-dealkylation sites (tertiary alicyclic amines) is 1. The van der Waals surface area contributed by atoms with E-state index < -0.39 is 0 Å². The Labute approximate surface area is 164 Å². The average Bonchev–Trinajstić information content (AvgIpc) is 3.16. The predicted molar refractivity (Wildman–Crippen MR) is 114 cm³/mol. The molecule has 1 N–H and O–H groups in total. The van der Waals surface area contributed by atoms with Crippen molar-refractivity contribution in [3.63, 3.8) is 0 Å². The van der Waals surface area contributed by atoms with Crippen molar-refractivity contribution < 1.29 is 0 Å². The highest BCUT2D eigenvalue weighted by atomic mass is 15.2. The molecule has 0 bridgehead atoms. The number of hydrogen-bond acceptors (Lipinski definition) is 3. The van der Waals surface area contributed by atoms with E-state index in [-0.39, 0.29) is 0 Å². The van der Waals surface area contributed by atoms with Gasteiger partial charge in [-0.05, 0) is 50.3 Å². The molecule has 27 heavy (non-hydrogen) atoms. The number of aromatic nitrogens is 2. The van der Waals surface area contributed by atoms with E-state index in [9.17, 15) is 0 Å². The summed E-state index contributed by atoms with van der Waals surface area (Å²) < 4.78 is 0. The Morgan fingerprint density at radius 2 is 1.93 bits per heavy atom. The van der Waals surface area contributed by atoms with Crippen molar-refractivity contribution in [1.82, 2.24) is 14.9 Å². The molecule has 0 atom stereocenters. The third-order valence-electron chi connectivity index (χ3n) is 5.53. The summed E-state index contributed by atoms with van der Waals surface area (Å²) in [7, 11) is 0. The lowest BCUT2D eigenvalue weighted by molar-refractivity contribution is 0.200. The number of nitrogens with zero attached hydrogens (tertiary/aromatic N) is 3. The largest absolute Gasteiger partial charge is 0.365 e. The SMILES string of the molecule is CC(C)=CCN(c1ccc(C(C)C)cc1)C1CCN(Cc2c[nH]cn2)CC1. The van der Waals surface area contributed by atoms with E-state index in [0.717, 1.165) is 31.9 Å². The molecule has 1 saturated heterocycles. The topological polar surface area (TPSA) is 35.2 Å². The van der Waals surface area contributed by atoms with Crippen LogP contribution in [0.25, 0.3) is 0 Å². The fraction of sp³-hybridized carbons (Fsp3) is 0.522. The highest BCUT2D eigenvalue weighted by molar-refractivity contribution is 5.50. The Morgan fingerprint density at radius 3 is 2.48 bits per heavy atom. The third kappa shape index (κ3) is 5.46. The lowest BCUT2D eigenvalue weighted by atomic mass is 10.00. The monoisotopic (exact) mass is 366 g/mol. The van der Waals surface area contributed by atoms with Gasteiger partial charge in [-0.15, -0.1) is 0 Å². The fourth-order valence-corrected chi connectivity index (χ4v) is 3.79. The summed E-state index contributed by atoms with van der Waals surface area (Å²) in [4.78, 5) is 12.5. The molecule has 0 aliphatic carbocycles. The summed E-state index contributed by atoms with van der Waals surface area (Å²) in [6.45, 7) is 13.1. The fourth-order valence-electron chi connectivity index (χ4n) is 3.79. The van der Waals surface area contributed by atoms with Crippen LogP contribution in [0.15, 0.2) is 48.4 Å². The van der Waals surface area contributed by atoms with E-state index in [1.165, 1.54) is 29.7 Å². The Hall–Kier alpha value is -2.07. The van der Waals surface area contributed by atoms with Gasteiger partial charge in [-0.1, -0.05) is 37.6 Å². The molecule has 0 spiro atoms. The molecule has 0 radical (unpaired) electrons. The number of nitrogens with one attached hydrogen (secondary N) is 1. The van der Waals surface area contributed by atoms with E-state index in [4.69, 9.17) is 0 Å². The van der Waals surface area contributed by atoms with Gasteiger partial charge in [0.15, 0.2) is 0 Å². The number of H-pyrrole nitrogens is 1. The molecule has 0 unspecified atom stereocenters. The molecule has 1 aliphatic rings. The molecule has 1 fully saturated rings. The van der Waals surface area contributed by atoms with Crippen LogP contribution in [0.5, 0.6) is 0 Å². The van der Waals surface area contributed by atoms with Crippen molar-refractivity contribution >= 4 is 5.69 Å². The van der Waals surface area contributed by atoms with Gasteiger partial charge < -0.3 is 9.88 Å². The molecule has 0 saturated carbocycles. The van der Waals surface area contributed by atoms with E-state index in [2.05, 4.69) is 77.8 Å². The molecule has 4 heteroatoms. The third-order valence-corrected chi connectivity index (χ3v) is 5.53. The van der Waals surface area contributed by atoms with Gasteiger partial charge in [-0.3, -0.25) is 4.90 Å². The zero-order valence-corrected chi connectivity index (χ0v) is 17.3. The molecule has 4 nitrogen and oxygen atoms in total. The minimum atomic E-state index is 0.579. The molecule has 0 amide bonds. The van der Waals surface area contributed by atoms with Crippen molar-refractivity contribution in [2.45, 2.75) is 59.0 Å². The first-order valence-electron chi connectivity index (χ1n) is 10.2. The van der Waals surface area contributed by atoms with Gasteiger partial charge in [-0.2, -0.15) is 0 Å². The Kier molecular flexibility index (Phi) is 6.73. The summed E-state index contributed by atoms with van der Waals surface area (Å²) in [6.07, 6.45) is 8.53. The molecular weight excluding hydrogens is 332 g/mol. The van der Waals surface area contributed by atoms with Crippen molar-refractivity contribution in [3.8, 4) is 0 Å². The zero-order chi connectivity index (χ0) is 19.2. The molecule has 146 valence electrons. The maximum absolute atomic E-state index is 4.37. The predicted octanol–water partition coefficient (Wildman–Crippen LogP) is 4.97. The second kappa shape index (κ2) is 9.23. The molecule has 2 heterocycles. The quantitative estimate of drug-likeness (QED) is 0.703. The molecule has 1 aliphatic heterocycles. The second-order valence-electron chi connectivity index (χ2n) is 8.25. The van der Waals surface area contributed by atoms with Crippen LogP contribution in [0, 0.1) is 0 Å². The summed E-state index contributed by atoms with van der Waals surface area (Å²) in [6, 6.07) is 9.81. The summed E-state index contributed by atoms with van der Waals surface area (Å²) in [5, 5.41) is 0. The van der Waals surface area contributed by atoms with Crippen molar-refractivity contribution in [3.05, 3.63) is 59.7 Å². The van der Waals surface area contributed by atoms with E-state index in [1.54, 1.807) is 6.33 Å². The minimum absolute atomic E-state index is 0.579. The average molecular weight is 367 g/mol. The first-order chi connectivity index (χ1) is 13.0. The first kappa shape index (κ1) is 19.7. The second-order valence-corrected chi connectivity index (χ2v) is 8.25. The smallest absolute Gasteiger partial charge is 0.0923 e. The van der Waals surface area contributed by atoms with Gasteiger partial charge in [0.2, 0.25) is 0 Å². The highest BCUT2D eigenvalue weighted by Crippen LogP contribution is 2.26. The number of rotatable bonds is 7. The lowest BCUT2D eigenvalue weighted by Gasteiger charge is -2.39. The maximum atomic E-state index is 4.37. The number of anilines is 1. The molecule has 1 aromatic heterocycles. The van der Waals surface area contributed by atoms with Gasteiger partial charge in [0.05, 0.1) is 12.0 Å². The lowest BCUT2D eigenvalue weighted by Crippen LogP contribution is -2.45. The number of aromatic amines is 1. The standard InChI is InChI=1S/C23H34N4/c1-18(2)9-14-27(22-7-5-20(6-8-22)19(3)4)23-10-12-26(13-11-23)16-21-15-24-17-25-21/h5-9,15,17,19,23H,10-14,16H2,1-4H3,(H,24,25). The number of piperidine rings is 1. The van der Waals surface area contributed by atoms with Gasteiger partial charge in [-0.25, -0.2) is 4.98 Å². The first-order valence-corrected chi connectivity index (χ1v) is 10.2. The Morgan fingerprint density at radius 1 is 1.22 bits per heavy atom. The van der Waals surface area contributed by atoms with Gasteiger partial charge >= 0.3 is 0 Å². The van der Waals surface area contributed by atoms with E-state index in [0.29, 0.717) is 12.0 Å². The van der Waals surface area contributed by atoms with Crippen LogP contribution in [0.1, 0.15) is 57.7 Å². The van der Waals surface area contributed by atoms with E-state index >= 15 is 0 Å². The van der Waals surface area contributed by atoms with Crippen molar-refractivity contribution in [1.29, 1.82) is 0 Å². The molecule has 3 rings (SSSR count). The normalized spacial score (nSPS) is 15.9. The zero-order valence-electron chi connectivity index (χ0n) is 17.3. The highest BCUT2D eigenvalue weighted by Gasteiger charge is 2.24. The van der Waals surface area contributed by atoms with Crippen LogP contribution < -0.4 is 4.90 Å². The summed E-state index contributed by atoms with van der Waals surface area (Å²) in [5.41, 5.74) is 5.28. The van der Waals surface area contributed by atoms with Crippen molar-refractivity contribution in [2.24, 2.45) is 0 Å². The van der Waals surface area contributed by atoms with Crippen molar-refractivity contribution in [2.75, 3.05) is 24.5 Å². The number of hydrogen-bond donors (Lipinski definition) is 1. The van der Waals surface area contributed by atoms with Crippen LogP contribution in [-0.2, 0) is 6.54 Å². The van der Waals surface area contributed by atoms with Crippen LogP contribution in [-0.4, -0.2) is 40.5 Å². The van der Waals surface area contributed by atoms with Gasteiger partial charge in [0, 0.05) is 44.1 Å². The van der Waals surface area contributed by atoms with Crippen LogP contribution >= 0.6 is 0 Å². The molecule has 1 aromatic carbocycles. The summed E-state index contributed by atoms with van der Waals surface area (Å²) >= 11 is 0. The number of imidazole rings is 1. The van der Waals surface area contributed by atoms with Crippen LogP contribution in [0.2, 0.25) is 0 Å². The molecular formula is C23H34N4. The van der Waals surface area contributed by atoms with Gasteiger partial charge in [0.25, 0.3) is 0 Å². The van der Waals surface area contributed by atoms with Gasteiger partial charge in [0.1, 0.15) is 0 Å². The molecule has 2 aromatic rings. The van der Waals surface area contributed by atoms with E-state index in [1.807, 2.05) is 6.20 Å². The van der Waals surface area contributed by atoms with Crippen LogP contribution in [0.4, 0.5) is 5.69 Å². The Balaban J connectivity index is 1.67. The number of benzene rings is 1.